The summed E-state index contributed by atoms with van der Waals surface area (Å²) in [5.74, 6) is 0. The summed E-state index contributed by atoms with van der Waals surface area (Å²) in [4.78, 5) is 0.165. The van der Waals surface area contributed by atoms with Crippen LogP contribution in [0.5, 0.6) is 0 Å². The van der Waals surface area contributed by atoms with Crippen molar-refractivity contribution in [3.63, 3.8) is 0 Å². The van der Waals surface area contributed by atoms with Gasteiger partial charge in [0.05, 0.1) is 18.2 Å². The van der Waals surface area contributed by atoms with E-state index in [1.807, 2.05) is 0 Å². The van der Waals surface area contributed by atoms with Crippen molar-refractivity contribution < 1.29 is 13.2 Å². The molecule has 1 aliphatic heterocycles. The van der Waals surface area contributed by atoms with Crippen LogP contribution in [0.2, 0.25) is 5.02 Å². The highest BCUT2D eigenvalue weighted by atomic mass is 35.5. The molecular weight excluding hydrogens is 250 g/mol. The summed E-state index contributed by atoms with van der Waals surface area (Å²) in [5.41, 5.74) is 0. The van der Waals surface area contributed by atoms with Gasteiger partial charge >= 0.3 is 0 Å². The summed E-state index contributed by atoms with van der Waals surface area (Å²) in [6.45, 7) is 1.63. The van der Waals surface area contributed by atoms with E-state index in [4.69, 9.17) is 16.3 Å². The smallest absolute Gasteiger partial charge is 0.244 e. The van der Waals surface area contributed by atoms with Crippen LogP contribution in [0.15, 0.2) is 29.2 Å². The Labute approximate surface area is 99.8 Å². The summed E-state index contributed by atoms with van der Waals surface area (Å²) in [7, 11) is -3.47. The van der Waals surface area contributed by atoms with Crippen molar-refractivity contribution in [1.29, 1.82) is 0 Å². The molecule has 1 heterocycles. The predicted molar refractivity (Wildman–Crippen MR) is 61.0 cm³/mol. The first kappa shape index (κ1) is 11.9. The van der Waals surface area contributed by atoms with E-state index in [-0.39, 0.29) is 9.92 Å². The van der Waals surface area contributed by atoms with E-state index in [0.717, 1.165) is 0 Å². The number of nitrogens with zero attached hydrogens (tertiary/aromatic N) is 1. The molecule has 16 heavy (non-hydrogen) atoms. The number of sulfonamides is 1. The molecule has 4 nitrogen and oxygen atoms in total. The second kappa shape index (κ2) is 4.71. The molecule has 2 rings (SSSR count). The van der Waals surface area contributed by atoms with Gasteiger partial charge in [-0.1, -0.05) is 23.7 Å². The van der Waals surface area contributed by atoms with Gasteiger partial charge in [0.1, 0.15) is 4.90 Å². The minimum Gasteiger partial charge on any atom is -0.379 e. The van der Waals surface area contributed by atoms with E-state index in [2.05, 4.69) is 0 Å². The van der Waals surface area contributed by atoms with Crippen LogP contribution in [0.25, 0.3) is 0 Å². The Morgan fingerprint density at radius 2 is 1.81 bits per heavy atom. The van der Waals surface area contributed by atoms with Gasteiger partial charge in [-0.2, -0.15) is 4.31 Å². The summed E-state index contributed by atoms with van der Waals surface area (Å²) < 4.78 is 30.9. The van der Waals surface area contributed by atoms with Crippen LogP contribution >= 0.6 is 11.6 Å². The van der Waals surface area contributed by atoms with Crippen molar-refractivity contribution >= 4 is 21.6 Å². The van der Waals surface area contributed by atoms with E-state index in [0.29, 0.717) is 26.3 Å². The van der Waals surface area contributed by atoms with E-state index < -0.39 is 10.0 Å². The fourth-order valence-corrected chi connectivity index (χ4v) is 3.48. The van der Waals surface area contributed by atoms with Crippen LogP contribution in [-0.4, -0.2) is 39.0 Å². The highest BCUT2D eigenvalue weighted by Crippen LogP contribution is 2.24. The van der Waals surface area contributed by atoms with Crippen LogP contribution in [0, 0.1) is 0 Å². The average Bonchev–Trinajstić information content (AvgIpc) is 2.30. The molecule has 1 saturated heterocycles. The second-order valence-electron chi connectivity index (χ2n) is 3.45. The minimum absolute atomic E-state index is 0.165. The molecule has 0 aliphatic carbocycles. The first-order chi connectivity index (χ1) is 7.62. The average molecular weight is 262 g/mol. The summed E-state index contributed by atoms with van der Waals surface area (Å²) in [5, 5.41) is 0.258. The monoisotopic (exact) mass is 261 g/mol. The van der Waals surface area contributed by atoms with Crippen LogP contribution < -0.4 is 0 Å². The molecule has 0 bridgehead atoms. The van der Waals surface area contributed by atoms with E-state index in [9.17, 15) is 8.42 Å². The fourth-order valence-electron chi connectivity index (χ4n) is 1.58. The lowest BCUT2D eigenvalue weighted by Gasteiger charge is -2.26. The maximum absolute atomic E-state index is 12.2. The Kier molecular flexibility index (Phi) is 3.49. The zero-order valence-corrected chi connectivity index (χ0v) is 10.2. The van der Waals surface area contributed by atoms with Crippen LogP contribution in [0.3, 0.4) is 0 Å². The Balaban J connectivity index is 2.35. The topological polar surface area (TPSA) is 46.6 Å². The summed E-state index contributed by atoms with van der Waals surface area (Å²) in [6, 6.07) is 6.47. The van der Waals surface area contributed by atoms with Crippen molar-refractivity contribution in [2.24, 2.45) is 0 Å². The third kappa shape index (κ3) is 2.22. The molecule has 0 unspecified atom stereocenters. The van der Waals surface area contributed by atoms with E-state index in [1.165, 1.54) is 10.4 Å². The number of hydrogen-bond donors (Lipinski definition) is 0. The Morgan fingerprint density at radius 1 is 1.19 bits per heavy atom. The minimum atomic E-state index is -3.47. The van der Waals surface area contributed by atoms with Crippen molar-refractivity contribution in [1.82, 2.24) is 4.31 Å². The lowest BCUT2D eigenvalue weighted by molar-refractivity contribution is 0.0730. The Bertz CT molecular complexity index is 469. The molecule has 0 aromatic heterocycles. The third-order valence-electron chi connectivity index (χ3n) is 2.42. The molecule has 0 saturated carbocycles. The van der Waals surface area contributed by atoms with Crippen LogP contribution in [-0.2, 0) is 14.8 Å². The highest BCUT2D eigenvalue weighted by molar-refractivity contribution is 7.89. The van der Waals surface area contributed by atoms with Gasteiger partial charge in [-0.05, 0) is 12.1 Å². The van der Waals surface area contributed by atoms with Gasteiger partial charge in [0.25, 0.3) is 0 Å². The number of benzene rings is 1. The normalized spacial score (nSPS) is 18.6. The third-order valence-corrected chi connectivity index (χ3v) is 4.82. The number of ether oxygens (including phenoxy) is 1. The van der Waals surface area contributed by atoms with Gasteiger partial charge in [-0.3, -0.25) is 0 Å². The molecule has 88 valence electrons. The van der Waals surface area contributed by atoms with Crippen molar-refractivity contribution in [3.8, 4) is 0 Å². The Hall–Kier alpha value is -0.620. The molecule has 6 heteroatoms. The standard InChI is InChI=1S/C10H12ClNO3S/c11-9-3-1-2-4-10(9)16(13,14)12-5-7-15-8-6-12/h1-4H,5-8H2. The largest absolute Gasteiger partial charge is 0.379 e. The van der Waals surface area contributed by atoms with E-state index in [1.54, 1.807) is 18.2 Å². The molecule has 0 N–H and O–H groups in total. The first-order valence-electron chi connectivity index (χ1n) is 4.95. The molecule has 0 spiro atoms. The summed E-state index contributed by atoms with van der Waals surface area (Å²) in [6.07, 6.45) is 0. The molecular formula is C10H12ClNO3S. The van der Waals surface area contributed by atoms with Gasteiger partial charge in [0, 0.05) is 13.1 Å². The molecule has 0 atom stereocenters. The van der Waals surface area contributed by atoms with Crippen molar-refractivity contribution in [3.05, 3.63) is 29.3 Å². The number of hydrogen-bond acceptors (Lipinski definition) is 3. The van der Waals surface area contributed by atoms with Gasteiger partial charge < -0.3 is 4.74 Å². The Morgan fingerprint density at radius 3 is 2.44 bits per heavy atom. The van der Waals surface area contributed by atoms with Gasteiger partial charge in [0.15, 0.2) is 0 Å². The molecule has 0 amide bonds. The van der Waals surface area contributed by atoms with Gasteiger partial charge in [0.2, 0.25) is 10.0 Å². The molecule has 0 radical (unpaired) electrons. The van der Waals surface area contributed by atoms with Crippen molar-refractivity contribution in [2.75, 3.05) is 26.3 Å². The zero-order chi connectivity index (χ0) is 11.6. The highest BCUT2D eigenvalue weighted by Gasteiger charge is 2.27. The fraction of sp³-hybridized carbons (Fsp3) is 0.400. The zero-order valence-electron chi connectivity index (χ0n) is 8.60. The maximum atomic E-state index is 12.2. The molecule has 1 aromatic carbocycles. The van der Waals surface area contributed by atoms with Gasteiger partial charge in [-0.25, -0.2) is 8.42 Å². The lowest BCUT2D eigenvalue weighted by Crippen LogP contribution is -2.40. The predicted octanol–water partition coefficient (Wildman–Crippen LogP) is 1.36. The number of morpholine rings is 1. The number of halogens is 1. The first-order valence-corrected chi connectivity index (χ1v) is 6.76. The van der Waals surface area contributed by atoms with E-state index >= 15 is 0 Å². The molecule has 1 aliphatic rings. The lowest BCUT2D eigenvalue weighted by atomic mass is 10.4. The molecule has 1 aromatic rings. The van der Waals surface area contributed by atoms with Crippen LogP contribution in [0.4, 0.5) is 0 Å². The number of rotatable bonds is 2. The quantitative estimate of drug-likeness (QED) is 0.808. The van der Waals surface area contributed by atoms with Crippen LogP contribution in [0.1, 0.15) is 0 Å². The van der Waals surface area contributed by atoms with Gasteiger partial charge in [-0.15, -0.1) is 0 Å². The SMILES string of the molecule is O=S(=O)(c1ccccc1Cl)N1CCOCC1. The maximum Gasteiger partial charge on any atom is 0.244 e. The summed E-state index contributed by atoms with van der Waals surface area (Å²) >= 11 is 5.89. The molecule has 1 fully saturated rings. The second-order valence-corrected chi connectivity index (χ2v) is 5.76. The van der Waals surface area contributed by atoms with Crippen molar-refractivity contribution in [2.45, 2.75) is 4.90 Å².